The molecule has 0 aliphatic carbocycles. The highest BCUT2D eigenvalue weighted by Gasteiger charge is 2.17. The first-order chi connectivity index (χ1) is 11.2. The van der Waals surface area contributed by atoms with Gasteiger partial charge in [-0.1, -0.05) is 11.6 Å². The lowest BCUT2D eigenvalue weighted by atomic mass is 10.2. The van der Waals surface area contributed by atoms with Gasteiger partial charge >= 0.3 is 0 Å². The van der Waals surface area contributed by atoms with Crippen molar-refractivity contribution in [1.82, 2.24) is 10.3 Å². The molecule has 0 saturated carbocycles. The molecule has 0 unspecified atom stereocenters. The summed E-state index contributed by atoms with van der Waals surface area (Å²) in [4.78, 5) is 23.2. The Hall–Kier alpha value is -2.56. The molecule has 2 N–H and O–H groups in total. The van der Waals surface area contributed by atoms with Crippen LogP contribution in [0.25, 0.3) is 0 Å². The fourth-order valence-corrected chi connectivity index (χ4v) is 2.73. The highest BCUT2D eigenvalue weighted by atomic mass is 35.5. The Morgan fingerprint density at radius 3 is 2.33 bits per heavy atom. The van der Waals surface area contributed by atoms with Gasteiger partial charge in [0.05, 0.1) is 14.8 Å². The van der Waals surface area contributed by atoms with Crippen molar-refractivity contribution in [3.8, 4) is 0 Å². The molecule has 0 bridgehead atoms. The van der Waals surface area contributed by atoms with Gasteiger partial charge in [-0.3, -0.25) is 20.3 Å². The maximum absolute atomic E-state index is 13.0. The lowest BCUT2D eigenvalue weighted by Gasteiger charge is -2.09. The second-order valence-electron chi connectivity index (χ2n) is 4.44. The van der Waals surface area contributed by atoms with Gasteiger partial charge in [-0.2, -0.15) is 0 Å². The first-order valence-corrected chi connectivity index (χ1v) is 8.08. The van der Waals surface area contributed by atoms with Crippen LogP contribution in [0.2, 0.25) is 5.02 Å². The van der Waals surface area contributed by atoms with Crippen molar-refractivity contribution < 1.29 is 22.5 Å². The van der Waals surface area contributed by atoms with Crippen LogP contribution in [-0.2, 0) is 10.0 Å². The van der Waals surface area contributed by atoms with E-state index in [0.717, 1.165) is 42.5 Å². The minimum Gasteiger partial charge on any atom is -0.273 e. The standard InChI is InChI=1S/C13H9ClFN3O5S/c14-11-7-10(5-6-12(11)15)24(22,23)17-16-13(19)8-1-3-9(4-2-8)18(20)21/h1-7,17H,(H,16,19). The van der Waals surface area contributed by atoms with Crippen molar-refractivity contribution in [3.63, 3.8) is 0 Å². The Morgan fingerprint density at radius 1 is 1.17 bits per heavy atom. The molecule has 2 aromatic carbocycles. The van der Waals surface area contributed by atoms with E-state index < -0.39 is 26.7 Å². The van der Waals surface area contributed by atoms with E-state index in [9.17, 15) is 27.7 Å². The summed E-state index contributed by atoms with van der Waals surface area (Å²) in [5.41, 5.74) is 1.72. The van der Waals surface area contributed by atoms with Crippen molar-refractivity contribution in [2.75, 3.05) is 0 Å². The monoisotopic (exact) mass is 373 g/mol. The number of halogens is 2. The SMILES string of the molecule is O=C(NNS(=O)(=O)c1ccc(F)c(Cl)c1)c1ccc([N+](=O)[O-])cc1. The molecule has 0 aromatic heterocycles. The lowest BCUT2D eigenvalue weighted by Crippen LogP contribution is -2.41. The second kappa shape index (κ2) is 6.91. The molecule has 24 heavy (non-hydrogen) atoms. The lowest BCUT2D eigenvalue weighted by molar-refractivity contribution is -0.384. The average molecular weight is 374 g/mol. The van der Waals surface area contributed by atoms with Crippen molar-refractivity contribution in [2.45, 2.75) is 4.90 Å². The number of sulfonamides is 1. The molecule has 0 aliphatic heterocycles. The van der Waals surface area contributed by atoms with Gasteiger partial charge in [0.2, 0.25) is 0 Å². The van der Waals surface area contributed by atoms with Gasteiger partial charge < -0.3 is 0 Å². The highest BCUT2D eigenvalue weighted by Crippen LogP contribution is 2.19. The molecule has 0 aliphatic rings. The van der Waals surface area contributed by atoms with E-state index in [4.69, 9.17) is 11.6 Å². The van der Waals surface area contributed by atoms with Crippen molar-refractivity contribution in [3.05, 3.63) is 69.0 Å². The van der Waals surface area contributed by atoms with Crippen LogP contribution in [0.5, 0.6) is 0 Å². The third kappa shape index (κ3) is 4.04. The van der Waals surface area contributed by atoms with Crippen LogP contribution in [0.4, 0.5) is 10.1 Å². The number of amides is 1. The molecule has 8 nitrogen and oxygen atoms in total. The number of carbonyl (C=O) groups excluding carboxylic acids is 1. The number of rotatable bonds is 5. The molecule has 126 valence electrons. The van der Waals surface area contributed by atoms with Crippen molar-refractivity contribution >= 4 is 33.2 Å². The maximum Gasteiger partial charge on any atom is 0.269 e. The normalized spacial score (nSPS) is 11.1. The molecule has 2 aromatic rings. The summed E-state index contributed by atoms with van der Waals surface area (Å²) in [6.07, 6.45) is 0. The molecule has 0 spiro atoms. The summed E-state index contributed by atoms with van der Waals surface area (Å²) in [6, 6.07) is 7.26. The summed E-state index contributed by atoms with van der Waals surface area (Å²) in [5, 5.41) is 10.1. The van der Waals surface area contributed by atoms with Gasteiger partial charge in [0.15, 0.2) is 0 Å². The smallest absolute Gasteiger partial charge is 0.269 e. The fraction of sp³-hybridized carbons (Fsp3) is 0. The van der Waals surface area contributed by atoms with E-state index in [-0.39, 0.29) is 21.2 Å². The van der Waals surface area contributed by atoms with Crippen LogP contribution in [0.3, 0.4) is 0 Å². The minimum absolute atomic E-state index is 0.000406. The number of hydrogen-bond donors (Lipinski definition) is 2. The maximum atomic E-state index is 13.0. The molecule has 0 radical (unpaired) electrons. The predicted molar refractivity (Wildman–Crippen MR) is 82.3 cm³/mol. The Balaban J connectivity index is 2.09. The zero-order valence-corrected chi connectivity index (χ0v) is 13.3. The number of non-ortho nitro benzene ring substituents is 1. The second-order valence-corrected chi connectivity index (χ2v) is 6.53. The van der Waals surface area contributed by atoms with E-state index in [0.29, 0.717) is 0 Å². The van der Waals surface area contributed by atoms with Crippen molar-refractivity contribution in [2.24, 2.45) is 0 Å². The summed E-state index contributed by atoms with van der Waals surface area (Å²) in [5.74, 6) is -1.62. The Morgan fingerprint density at radius 2 is 1.79 bits per heavy atom. The van der Waals surface area contributed by atoms with Crippen LogP contribution in [0.15, 0.2) is 47.4 Å². The minimum atomic E-state index is -4.17. The third-order valence-electron chi connectivity index (χ3n) is 2.84. The van der Waals surface area contributed by atoms with Crippen molar-refractivity contribution in [1.29, 1.82) is 0 Å². The summed E-state index contributed by atoms with van der Waals surface area (Å²) >= 11 is 5.51. The van der Waals surface area contributed by atoms with Crippen LogP contribution in [0, 0.1) is 15.9 Å². The zero-order valence-electron chi connectivity index (χ0n) is 11.7. The van der Waals surface area contributed by atoms with Crippen LogP contribution in [-0.4, -0.2) is 19.2 Å². The average Bonchev–Trinajstić information content (AvgIpc) is 2.55. The summed E-state index contributed by atoms with van der Waals surface area (Å²) < 4.78 is 37.0. The Labute approximate surface area is 140 Å². The van der Waals surface area contributed by atoms with Crippen LogP contribution in [0.1, 0.15) is 10.4 Å². The summed E-state index contributed by atoms with van der Waals surface area (Å²) in [6.45, 7) is 0. The quantitative estimate of drug-likeness (QED) is 0.614. The number of nitrogens with zero attached hydrogens (tertiary/aromatic N) is 1. The van der Waals surface area contributed by atoms with Gasteiger partial charge in [0.1, 0.15) is 5.82 Å². The molecule has 11 heteroatoms. The highest BCUT2D eigenvalue weighted by molar-refractivity contribution is 7.89. The molecule has 0 fully saturated rings. The molecule has 2 rings (SSSR count). The number of nitrogens with one attached hydrogen (secondary N) is 2. The van der Waals surface area contributed by atoms with E-state index in [1.165, 1.54) is 0 Å². The van der Waals surface area contributed by atoms with E-state index in [2.05, 4.69) is 0 Å². The molecule has 0 atom stereocenters. The number of hydrogen-bond acceptors (Lipinski definition) is 5. The largest absolute Gasteiger partial charge is 0.273 e. The molecule has 1 amide bonds. The number of benzene rings is 2. The Bertz CT molecular complexity index is 902. The van der Waals surface area contributed by atoms with Gasteiger partial charge in [0, 0.05) is 17.7 Å². The number of nitro groups is 1. The molecule has 0 saturated heterocycles. The Kier molecular flexibility index (Phi) is 5.12. The van der Waals surface area contributed by atoms with Gasteiger partial charge in [-0.05, 0) is 30.3 Å². The first kappa shape index (κ1) is 17.8. The molecular formula is C13H9ClFN3O5S. The van der Waals surface area contributed by atoms with Crippen LogP contribution < -0.4 is 10.3 Å². The predicted octanol–water partition coefficient (Wildman–Crippen LogP) is 2.01. The number of nitro benzene ring substituents is 1. The van der Waals surface area contributed by atoms with Gasteiger partial charge in [-0.15, -0.1) is 4.83 Å². The van der Waals surface area contributed by atoms with E-state index in [1.54, 1.807) is 0 Å². The third-order valence-corrected chi connectivity index (χ3v) is 4.38. The van der Waals surface area contributed by atoms with E-state index in [1.807, 2.05) is 10.3 Å². The molecule has 0 heterocycles. The zero-order chi connectivity index (χ0) is 17.9. The number of carbonyl (C=O) groups is 1. The fourth-order valence-electron chi connectivity index (χ4n) is 1.62. The summed E-state index contributed by atoms with van der Waals surface area (Å²) in [7, 11) is -4.17. The first-order valence-electron chi connectivity index (χ1n) is 6.22. The topological polar surface area (TPSA) is 118 Å². The number of hydrazine groups is 1. The van der Waals surface area contributed by atoms with Crippen LogP contribution >= 0.6 is 11.6 Å². The molecular weight excluding hydrogens is 365 g/mol. The van der Waals surface area contributed by atoms with Gasteiger partial charge in [0.25, 0.3) is 21.6 Å². The van der Waals surface area contributed by atoms with Gasteiger partial charge in [-0.25, -0.2) is 12.8 Å². The van der Waals surface area contributed by atoms with E-state index >= 15 is 0 Å².